The van der Waals surface area contributed by atoms with Crippen molar-refractivity contribution in [1.82, 2.24) is 34.4 Å². The van der Waals surface area contributed by atoms with E-state index >= 15 is 0 Å². The number of aliphatic imine (C=N–C) groups is 3. The summed E-state index contributed by atoms with van der Waals surface area (Å²) in [6.07, 6.45) is -5.69. The summed E-state index contributed by atoms with van der Waals surface area (Å²) < 4.78 is 38.8. The fourth-order valence-electron chi connectivity index (χ4n) is 17.3. The fourth-order valence-corrected chi connectivity index (χ4v) is 18.5. The van der Waals surface area contributed by atoms with Crippen LogP contribution in [0, 0.1) is 66.1 Å². The number of imidazole rings is 2. The molecule has 0 radical (unpaired) electrons. The molecule has 109 heavy (non-hydrogen) atoms. The smallest absolute Gasteiger partial charge is 0.756 e. The molecule has 0 saturated carbocycles. The number of nitrogens with one attached hydrogen (secondary N) is 1. The van der Waals surface area contributed by atoms with Gasteiger partial charge in [0, 0.05) is 108 Å². The van der Waals surface area contributed by atoms with Crippen LogP contribution in [-0.4, -0.2) is 175 Å². The van der Waals surface area contributed by atoms with Crippen LogP contribution >= 0.6 is 7.82 Å². The van der Waals surface area contributed by atoms with Crippen molar-refractivity contribution in [3.05, 3.63) is 88.8 Å². The van der Waals surface area contributed by atoms with Gasteiger partial charge >= 0.3 is 16.8 Å². The predicted molar refractivity (Wildman–Crippen MR) is 393 cm³/mol. The van der Waals surface area contributed by atoms with Crippen molar-refractivity contribution in [2.24, 2.45) is 94.7 Å². The van der Waals surface area contributed by atoms with Gasteiger partial charge in [0.15, 0.2) is 23.9 Å². The molecule has 37 heteroatoms. The van der Waals surface area contributed by atoms with Gasteiger partial charge in [-0.2, -0.15) is 5.70 Å². The van der Waals surface area contributed by atoms with Gasteiger partial charge in [0.25, 0.3) is 7.82 Å². The van der Waals surface area contributed by atoms with E-state index in [9.17, 15) is 63.4 Å². The normalized spacial score (nSPS) is 33.1. The van der Waals surface area contributed by atoms with Crippen molar-refractivity contribution in [2.45, 2.75) is 214 Å². The van der Waals surface area contributed by atoms with Crippen LogP contribution in [0.1, 0.15) is 157 Å². The molecule has 19 N–H and O–H groups in total. The molecule has 19 atom stereocenters. The molecule has 0 spiro atoms. The van der Waals surface area contributed by atoms with Crippen molar-refractivity contribution in [3.8, 4) is 0 Å². The number of rotatable bonds is 27. The molecule has 11 rings (SSSR count). The number of fused-ring (bicyclic) bond motifs is 8. The van der Waals surface area contributed by atoms with Gasteiger partial charge < -0.3 is 106 Å². The van der Waals surface area contributed by atoms with E-state index in [0.717, 1.165) is 11.1 Å². The fraction of sp³-hybridized carbons (Fsp3) is 0.597. The monoisotopic (exact) mass is 1580 g/mol. The first-order chi connectivity index (χ1) is 50.4. The summed E-state index contributed by atoms with van der Waals surface area (Å²) >= 11 is 0. The molecule has 10 heterocycles. The first kappa shape index (κ1) is 84.8. The van der Waals surface area contributed by atoms with Gasteiger partial charge in [-0.05, 0) is 125 Å². The van der Waals surface area contributed by atoms with Gasteiger partial charge in [0.2, 0.25) is 41.4 Å². The summed E-state index contributed by atoms with van der Waals surface area (Å²) in [4.78, 5) is 140. The van der Waals surface area contributed by atoms with Crippen molar-refractivity contribution in [3.63, 3.8) is 0 Å². The number of hydrogen-bond donors (Lipinski definition) is 12. The van der Waals surface area contributed by atoms with Crippen molar-refractivity contribution >= 4 is 94.3 Å². The van der Waals surface area contributed by atoms with Crippen LogP contribution in [0.15, 0.2) is 80.4 Å². The maximum absolute atomic E-state index is 14.4. The molecule has 4 aromatic rings. The number of amides is 7. The number of nitrogen functional groups attached to an aromatic ring is 1. The zero-order valence-electron chi connectivity index (χ0n) is 62.8. The Hall–Kier alpha value is -8.26. The van der Waals surface area contributed by atoms with E-state index in [2.05, 4.69) is 32.2 Å². The quantitative estimate of drug-likeness (QED) is 0.0301. The molecule has 8 bridgehead atoms. The van der Waals surface area contributed by atoms with Gasteiger partial charge in [-0.3, -0.25) is 57.7 Å². The van der Waals surface area contributed by atoms with Crippen LogP contribution in [0.5, 0.6) is 0 Å². The number of aliphatic hydroxyl groups excluding tert-OH is 4. The van der Waals surface area contributed by atoms with Gasteiger partial charge in [0.05, 0.1) is 53.7 Å². The largest absolute Gasteiger partial charge is 3.00 e. The number of carbonyl (C=O) groups excluding carboxylic acids is 7. The Morgan fingerprint density at radius 2 is 1.34 bits per heavy atom. The molecule has 0 aliphatic carbocycles. The Morgan fingerprint density at radius 1 is 0.734 bits per heavy atom. The first-order valence-electron chi connectivity index (χ1n) is 35.9. The Balaban J connectivity index is 0.000000623. The number of phosphoric acid groups is 1. The Morgan fingerprint density at radius 3 is 1.94 bits per heavy atom. The minimum atomic E-state index is -5.32. The minimum Gasteiger partial charge on any atom is -0.756 e. The predicted octanol–water partition coefficient (Wildman–Crippen LogP) is 2.17. The number of nitrogens with two attached hydrogens (primary N) is 7. The molecule has 1 unspecified atom stereocenters. The van der Waals surface area contributed by atoms with E-state index in [-0.39, 0.29) is 99.8 Å². The number of aromatic nitrogens is 6. The van der Waals surface area contributed by atoms with Crippen molar-refractivity contribution < 1.29 is 98.7 Å². The molecular formula is C72H100CoN18O17P. The molecular weight excluding hydrogens is 1480 g/mol. The van der Waals surface area contributed by atoms with Crippen LogP contribution in [-0.2, 0) is 73.4 Å². The summed E-state index contributed by atoms with van der Waals surface area (Å²) in [5.41, 5.74) is 43.2. The average Bonchev–Trinajstić information content (AvgIpc) is 1.53. The number of benzene rings is 1. The molecule has 35 nitrogen and oxygen atoms in total. The number of ether oxygens (including phenoxy) is 2. The average molecular weight is 1580 g/mol. The molecule has 7 aliphatic heterocycles. The second kappa shape index (κ2) is 32.2. The number of aliphatic hydroxyl groups is 4. The van der Waals surface area contributed by atoms with E-state index < -0.39 is 168 Å². The van der Waals surface area contributed by atoms with Crippen LogP contribution in [0.4, 0.5) is 5.82 Å². The number of carbonyl (C=O) groups is 7. The third-order valence-corrected chi connectivity index (χ3v) is 24.6. The van der Waals surface area contributed by atoms with E-state index in [1.165, 1.54) is 35.0 Å². The number of anilines is 1. The zero-order valence-corrected chi connectivity index (χ0v) is 64.8. The van der Waals surface area contributed by atoms with Crippen molar-refractivity contribution in [2.75, 3.05) is 18.9 Å². The summed E-state index contributed by atoms with van der Waals surface area (Å²) in [7, 11) is -5.32. The second-order valence-corrected chi connectivity index (χ2v) is 32.4. The molecule has 3 fully saturated rings. The summed E-state index contributed by atoms with van der Waals surface area (Å²) in [6, 6.07) is 2.65. The molecule has 3 aromatic heterocycles. The standard InChI is InChI=1S/C62H90N13O14P.C10H12N5O3.Co/c1-29-20-39-40(21-30(29)2)75(28-70-39)57-52(84)53(41(27-76)87-57)89-90(85,86)88-31(3)26-69-49(83)18-19-59(8)37(22-46(66)80)56-62(11)61(10,25-48(68)82)36(14-17-45(65)79)51(74-62)33(5)55-60(9,24-47(67)81)34(12-15-43(63)77)38(71-55)23-42-58(6,7)35(13-16-44(64)78)50(72-42)32(4)54(59)73-56;1-4-6(16)7(17)10(18-4)15-3-14-5-8(11)12-2-13-9(5)15;/h20-21,23,28,31,34-37,41,52-53,56-57,76,84H,12-19,22,24-27H2,1-11H3,(H15,63,64,65,66,67,68,69,71,72,73,74,77,78,79,80,81,82,83,85,86);2-4,6-7,10,16-17H,1H2,(H2,11,12,13);/q;-1;+3/p-2/t31-,34-,35-,36-,37+,41-,52-,53-,56-,57+,59-,60+,61+,62+;4-,6-,7-,10-;/m11./s1. The van der Waals surface area contributed by atoms with E-state index in [0.29, 0.717) is 67.6 Å². The number of phosphoric ester groups is 1. The van der Waals surface area contributed by atoms with Crippen LogP contribution in [0.2, 0.25) is 0 Å². The summed E-state index contributed by atoms with van der Waals surface area (Å²) in [6.45, 7) is 22.6. The third-order valence-electron chi connectivity index (χ3n) is 23.5. The summed E-state index contributed by atoms with van der Waals surface area (Å²) in [5.74, 6) is -7.16. The van der Waals surface area contributed by atoms with Crippen molar-refractivity contribution in [1.29, 1.82) is 0 Å². The van der Waals surface area contributed by atoms with Gasteiger partial charge in [-0.1, -0.05) is 40.7 Å². The Bertz CT molecular complexity index is 4520. The van der Waals surface area contributed by atoms with E-state index in [1.54, 1.807) is 6.92 Å². The first-order valence-corrected chi connectivity index (χ1v) is 37.3. The van der Waals surface area contributed by atoms with Gasteiger partial charge in [0.1, 0.15) is 36.3 Å². The maximum atomic E-state index is 14.4. The van der Waals surface area contributed by atoms with Crippen LogP contribution in [0.3, 0.4) is 0 Å². The number of primary amides is 6. The summed E-state index contributed by atoms with van der Waals surface area (Å²) in [5, 5.41) is 49.6. The molecule has 3 saturated heterocycles. The zero-order chi connectivity index (χ0) is 79.6. The number of aryl methyl sites for hydroxylation is 2. The second-order valence-electron chi connectivity index (χ2n) is 31.1. The third kappa shape index (κ3) is 16.3. The maximum Gasteiger partial charge on any atom is 3.00 e. The SMILES string of the molecule is C/C1=C2/[N-][C@H]([C@H](CC(N)=O)[C@@]2(C)CCC(=O)NC[C@@H](C)OP(=O)([O-])O[C@H]2[C@@H](O)[C@@H](n3cnc4cc(C)c(C)cc43)O[C@@H]2CO)[C@]2(C)N=C(/C(C)=C3\N=C(C=C4N=C1[C@@H](CCC(N)=O)C4(C)C)[C@@H](CCC(N)=O)[C@]3(C)CC(N)=O)[C@@H](CCC(N)=O)[C@]2(C)CC(N)=O.[CH2-][C@H]1O[C@@H](n2cnc3c(N)ncnc32)[C@H](O)[C@@H]1O.[Co+3]. The van der Waals surface area contributed by atoms with Crippen LogP contribution in [0.25, 0.3) is 27.5 Å². The molecule has 594 valence electrons. The number of nitrogens with zero attached hydrogens (tertiary/aromatic N) is 10. The molecule has 7 amide bonds. The van der Waals surface area contributed by atoms with Gasteiger partial charge in [-0.15, -0.1) is 0 Å². The Kier molecular flexibility index (Phi) is 25.0. The number of hydrogen-bond acceptors (Lipinski definition) is 25. The van der Waals surface area contributed by atoms with Crippen LogP contribution < -0.4 is 50.3 Å². The van der Waals surface area contributed by atoms with E-state index in [1.807, 2.05) is 80.5 Å². The Labute approximate surface area is 640 Å². The molecule has 1 aromatic carbocycles. The van der Waals surface area contributed by atoms with Gasteiger partial charge in [-0.25, -0.2) is 19.9 Å². The topological polar surface area (TPSA) is 584 Å². The molecule has 7 aliphatic rings. The minimum absolute atomic E-state index is 0. The van der Waals surface area contributed by atoms with E-state index in [4.69, 9.17) is 79.0 Å². The number of allylic oxidation sites excluding steroid dienone is 6.